The van der Waals surface area contributed by atoms with Crippen LogP contribution in [-0.2, 0) is 9.59 Å². The number of Topliss-reactive ketones (excluding diaryl/α,β-unsaturated/α-hetero) is 2. The van der Waals surface area contributed by atoms with Gasteiger partial charge in [0.15, 0.2) is 11.6 Å². The third-order valence-electron chi connectivity index (χ3n) is 10.0. The molecular formula is C51H33NO2. The molecule has 2 aliphatic rings. The van der Waals surface area contributed by atoms with E-state index in [0.717, 1.165) is 55.7 Å². The number of carbonyl (C=O) groups is 2. The van der Waals surface area contributed by atoms with Crippen LogP contribution in [-0.4, -0.2) is 16.6 Å². The van der Waals surface area contributed by atoms with Gasteiger partial charge in [-0.2, -0.15) is 0 Å². The van der Waals surface area contributed by atoms with Crippen molar-refractivity contribution in [2.75, 3.05) is 0 Å². The fraction of sp³-hybridized carbons (Fsp3) is 0. The molecule has 7 aromatic rings. The van der Waals surface area contributed by atoms with Crippen LogP contribution in [0.25, 0.3) is 44.6 Å². The Hall–Kier alpha value is -7.23. The summed E-state index contributed by atoms with van der Waals surface area (Å²) in [5.41, 5.74) is 12.1. The third-order valence-corrected chi connectivity index (χ3v) is 10.0. The number of pyridine rings is 1. The summed E-state index contributed by atoms with van der Waals surface area (Å²) in [5, 5.41) is 0. The minimum Gasteiger partial charge on any atom is -0.289 e. The van der Waals surface area contributed by atoms with Crippen LogP contribution in [0.15, 0.2) is 200 Å². The van der Waals surface area contributed by atoms with Gasteiger partial charge in [-0.15, -0.1) is 0 Å². The Morgan fingerprint density at radius 3 is 0.704 bits per heavy atom. The van der Waals surface area contributed by atoms with E-state index in [4.69, 9.17) is 4.98 Å². The van der Waals surface area contributed by atoms with Gasteiger partial charge in [-0.05, 0) is 45.5 Å². The molecule has 0 N–H and O–H groups in total. The van der Waals surface area contributed by atoms with Crippen molar-refractivity contribution < 1.29 is 9.59 Å². The molecule has 9 rings (SSSR count). The highest BCUT2D eigenvalue weighted by molar-refractivity contribution is 6.60. The van der Waals surface area contributed by atoms with Crippen LogP contribution < -0.4 is 0 Å². The van der Waals surface area contributed by atoms with E-state index in [1.165, 1.54) is 0 Å². The summed E-state index contributed by atoms with van der Waals surface area (Å²) in [6, 6.07) is 65.6. The van der Waals surface area contributed by atoms with Gasteiger partial charge in [-0.3, -0.25) is 9.59 Å². The van der Waals surface area contributed by atoms with E-state index in [2.05, 4.69) is 24.3 Å². The second-order valence-corrected chi connectivity index (χ2v) is 13.3. The summed E-state index contributed by atoms with van der Waals surface area (Å²) >= 11 is 0. The highest BCUT2D eigenvalue weighted by atomic mass is 16.1. The number of benzene rings is 6. The highest BCUT2D eigenvalue weighted by Gasteiger charge is 2.38. The first-order chi connectivity index (χ1) is 26.7. The van der Waals surface area contributed by atoms with Crippen LogP contribution in [0.1, 0.15) is 44.8 Å². The summed E-state index contributed by atoms with van der Waals surface area (Å²) in [4.78, 5) is 35.3. The van der Waals surface area contributed by atoms with E-state index in [-0.39, 0.29) is 11.6 Å². The zero-order valence-electron chi connectivity index (χ0n) is 29.3. The number of nitrogens with zero attached hydrogens (tertiary/aromatic N) is 1. The topological polar surface area (TPSA) is 47.0 Å². The minimum absolute atomic E-state index is 0.0510. The molecule has 1 heterocycles. The Morgan fingerprint density at radius 2 is 0.444 bits per heavy atom. The standard InChI is InChI=1S/C51H33NO2/c53-50-44(36-24-11-3-12-25-36)42(34-20-7-1-8-21-34)48(46(50)38-28-15-5-16-29-38)40-32-19-33-41(52-40)49-43(35-22-9-2-10-23-35)45(37-26-13-4-14-27-37)51(54)47(49)39-30-17-6-18-31-39/h1-33H. The fourth-order valence-electron chi connectivity index (χ4n) is 7.74. The smallest absolute Gasteiger partial charge is 0.195 e. The van der Waals surface area contributed by atoms with Crippen LogP contribution >= 0.6 is 0 Å². The van der Waals surface area contributed by atoms with Crippen molar-refractivity contribution in [3.63, 3.8) is 0 Å². The van der Waals surface area contributed by atoms with Gasteiger partial charge in [0, 0.05) is 44.6 Å². The Bertz CT molecular complexity index is 2490. The van der Waals surface area contributed by atoms with Crippen molar-refractivity contribution in [1.29, 1.82) is 0 Å². The molecule has 0 saturated carbocycles. The molecule has 0 saturated heterocycles. The SMILES string of the molecule is O=C1C(c2ccccc2)=C(c2ccccc2)C(c2cccc(C3=C(c4ccccc4)C(=O)C(c4ccccc4)=C3c3ccccc3)n2)=C1c1ccccc1. The van der Waals surface area contributed by atoms with E-state index in [9.17, 15) is 9.59 Å². The van der Waals surface area contributed by atoms with Crippen molar-refractivity contribution in [3.05, 3.63) is 245 Å². The van der Waals surface area contributed by atoms with Gasteiger partial charge in [0.25, 0.3) is 0 Å². The average molecular weight is 692 g/mol. The normalized spacial score (nSPS) is 14.4. The number of ketones is 2. The predicted molar refractivity (Wildman–Crippen MR) is 220 cm³/mol. The Balaban J connectivity index is 1.36. The van der Waals surface area contributed by atoms with Crippen LogP contribution in [0.2, 0.25) is 0 Å². The first-order valence-electron chi connectivity index (χ1n) is 18.1. The summed E-state index contributed by atoms with van der Waals surface area (Å²) in [5.74, 6) is -0.102. The molecule has 0 amide bonds. The lowest BCUT2D eigenvalue weighted by atomic mass is 9.89. The van der Waals surface area contributed by atoms with Crippen LogP contribution in [0, 0.1) is 0 Å². The number of aromatic nitrogens is 1. The maximum atomic E-state index is 14.9. The summed E-state index contributed by atoms with van der Waals surface area (Å²) in [6.07, 6.45) is 0. The summed E-state index contributed by atoms with van der Waals surface area (Å²) in [7, 11) is 0. The molecule has 0 aliphatic heterocycles. The number of hydrogen-bond donors (Lipinski definition) is 0. The zero-order chi connectivity index (χ0) is 36.4. The van der Waals surface area contributed by atoms with Gasteiger partial charge in [-0.25, -0.2) is 4.98 Å². The van der Waals surface area contributed by atoms with Crippen LogP contribution in [0.4, 0.5) is 0 Å². The molecule has 0 unspecified atom stereocenters. The highest BCUT2D eigenvalue weighted by Crippen LogP contribution is 2.52. The Morgan fingerprint density at radius 1 is 0.222 bits per heavy atom. The number of allylic oxidation sites excluding steroid dienone is 8. The molecule has 1 aromatic heterocycles. The van der Waals surface area contributed by atoms with Crippen LogP contribution in [0.3, 0.4) is 0 Å². The Kier molecular flexibility index (Phi) is 8.51. The monoisotopic (exact) mass is 691 g/mol. The van der Waals surface area contributed by atoms with Crippen LogP contribution in [0.5, 0.6) is 0 Å². The predicted octanol–water partition coefficient (Wildman–Crippen LogP) is 11.3. The van der Waals surface area contributed by atoms with Gasteiger partial charge in [-0.1, -0.05) is 188 Å². The maximum Gasteiger partial charge on any atom is 0.195 e. The molecule has 0 bridgehead atoms. The van der Waals surface area contributed by atoms with E-state index < -0.39 is 0 Å². The maximum absolute atomic E-state index is 14.9. The van der Waals surface area contributed by atoms with Gasteiger partial charge < -0.3 is 0 Å². The van der Waals surface area contributed by atoms with Gasteiger partial charge in [0.1, 0.15) is 0 Å². The zero-order valence-corrected chi connectivity index (χ0v) is 29.3. The van der Waals surface area contributed by atoms with E-state index in [1.807, 2.05) is 176 Å². The van der Waals surface area contributed by atoms with Crippen molar-refractivity contribution in [3.8, 4) is 0 Å². The van der Waals surface area contributed by atoms with Gasteiger partial charge >= 0.3 is 0 Å². The molecule has 2 aliphatic carbocycles. The first-order valence-corrected chi connectivity index (χ1v) is 18.1. The quantitative estimate of drug-likeness (QED) is 0.159. The summed E-state index contributed by atoms with van der Waals surface area (Å²) in [6.45, 7) is 0. The van der Waals surface area contributed by atoms with E-state index in [1.54, 1.807) is 0 Å². The average Bonchev–Trinajstić information content (AvgIpc) is 3.73. The second-order valence-electron chi connectivity index (χ2n) is 13.3. The van der Waals surface area contributed by atoms with Crippen molar-refractivity contribution >= 4 is 56.2 Å². The molecule has 54 heavy (non-hydrogen) atoms. The molecule has 0 atom stereocenters. The van der Waals surface area contributed by atoms with E-state index >= 15 is 0 Å². The number of hydrogen-bond acceptors (Lipinski definition) is 3. The molecule has 0 spiro atoms. The number of carbonyl (C=O) groups excluding carboxylic acids is 2. The van der Waals surface area contributed by atoms with Gasteiger partial charge in [0.05, 0.1) is 11.4 Å². The molecule has 3 nitrogen and oxygen atoms in total. The van der Waals surface area contributed by atoms with Crippen molar-refractivity contribution in [2.24, 2.45) is 0 Å². The first kappa shape index (κ1) is 32.7. The minimum atomic E-state index is -0.0510. The molecule has 0 fully saturated rings. The largest absolute Gasteiger partial charge is 0.289 e. The number of rotatable bonds is 8. The van der Waals surface area contributed by atoms with Gasteiger partial charge in [0.2, 0.25) is 0 Å². The Labute approximate surface area is 314 Å². The lowest BCUT2D eigenvalue weighted by Crippen LogP contribution is -2.03. The third kappa shape index (κ3) is 5.69. The summed E-state index contributed by atoms with van der Waals surface area (Å²) < 4.78 is 0. The molecule has 0 radical (unpaired) electrons. The van der Waals surface area contributed by atoms with E-state index in [0.29, 0.717) is 33.7 Å². The lowest BCUT2D eigenvalue weighted by Gasteiger charge is -2.16. The lowest BCUT2D eigenvalue weighted by molar-refractivity contribution is -0.109. The molecule has 254 valence electrons. The molecule has 6 aromatic carbocycles. The molecule has 3 heteroatoms. The van der Waals surface area contributed by atoms with Crippen molar-refractivity contribution in [2.45, 2.75) is 0 Å². The molecular weight excluding hydrogens is 659 g/mol. The van der Waals surface area contributed by atoms with Crippen molar-refractivity contribution in [1.82, 2.24) is 4.98 Å². The fourth-order valence-corrected chi connectivity index (χ4v) is 7.74. The second kappa shape index (κ2) is 14.1.